The molecule has 1 atom stereocenters. The zero-order chi connectivity index (χ0) is 12.7. The van der Waals surface area contributed by atoms with Crippen molar-refractivity contribution in [2.24, 2.45) is 0 Å². The second kappa shape index (κ2) is 7.35. The molecule has 0 aliphatic carbocycles. The van der Waals surface area contributed by atoms with E-state index in [1.807, 2.05) is 13.8 Å². The summed E-state index contributed by atoms with van der Waals surface area (Å²) in [5.41, 5.74) is 0.367. The quantitative estimate of drug-likeness (QED) is 0.743. The molecule has 1 N–H and O–H groups in total. The molecule has 1 aromatic rings. The molecule has 0 aliphatic rings. The van der Waals surface area contributed by atoms with Crippen LogP contribution in [-0.2, 0) is 4.74 Å². The molecule has 4 heteroatoms. The van der Waals surface area contributed by atoms with Gasteiger partial charge in [0.1, 0.15) is 11.6 Å². The fourth-order valence-electron chi connectivity index (χ4n) is 1.74. The highest BCUT2D eigenvalue weighted by Gasteiger charge is 2.15. The van der Waals surface area contributed by atoms with Gasteiger partial charge >= 0.3 is 0 Å². The number of rotatable bonds is 7. The lowest BCUT2D eigenvalue weighted by atomic mass is 10.0. The summed E-state index contributed by atoms with van der Waals surface area (Å²) in [6.07, 6.45) is 0.627. The van der Waals surface area contributed by atoms with E-state index in [9.17, 15) is 8.78 Å². The van der Waals surface area contributed by atoms with Gasteiger partial charge in [0.2, 0.25) is 0 Å². The van der Waals surface area contributed by atoms with E-state index >= 15 is 0 Å². The minimum atomic E-state index is -0.416. The molecule has 0 bridgehead atoms. The third-order valence-corrected chi connectivity index (χ3v) is 2.54. The van der Waals surface area contributed by atoms with Crippen molar-refractivity contribution >= 4 is 0 Å². The Balaban J connectivity index is 2.77. The van der Waals surface area contributed by atoms with Gasteiger partial charge in [-0.1, -0.05) is 6.92 Å². The first-order valence-electron chi connectivity index (χ1n) is 5.95. The van der Waals surface area contributed by atoms with E-state index < -0.39 is 5.82 Å². The Morgan fingerprint density at radius 3 is 2.71 bits per heavy atom. The summed E-state index contributed by atoms with van der Waals surface area (Å²) in [5, 5.41) is 3.14. The molecule has 0 radical (unpaired) electrons. The summed E-state index contributed by atoms with van der Waals surface area (Å²) < 4.78 is 32.0. The first-order valence-corrected chi connectivity index (χ1v) is 5.95. The molecule has 0 spiro atoms. The van der Waals surface area contributed by atoms with Gasteiger partial charge in [0.25, 0.3) is 0 Å². The van der Waals surface area contributed by atoms with Crippen LogP contribution in [-0.4, -0.2) is 19.8 Å². The summed E-state index contributed by atoms with van der Waals surface area (Å²) in [7, 11) is 0. The molecule has 0 aliphatic heterocycles. The second-order valence-corrected chi connectivity index (χ2v) is 3.76. The Morgan fingerprint density at radius 1 is 1.29 bits per heavy atom. The smallest absolute Gasteiger partial charge is 0.128 e. The molecule has 0 aromatic heterocycles. The van der Waals surface area contributed by atoms with Gasteiger partial charge in [-0.15, -0.1) is 0 Å². The first-order chi connectivity index (χ1) is 8.19. The van der Waals surface area contributed by atoms with Crippen LogP contribution in [0.15, 0.2) is 18.2 Å². The molecule has 17 heavy (non-hydrogen) atoms. The number of nitrogens with one attached hydrogen (secondary N) is 1. The third-order valence-electron chi connectivity index (χ3n) is 2.54. The van der Waals surface area contributed by atoms with Crippen LogP contribution in [0.1, 0.15) is 31.9 Å². The fourth-order valence-corrected chi connectivity index (χ4v) is 1.74. The molecular weight excluding hydrogens is 224 g/mol. The largest absolute Gasteiger partial charge is 0.382 e. The van der Waals surface area contributed by atoms with Gasteiger partial charge in [-0.3, -0.25) is 0 Å². The maximum atomic E-state index is 13.6. The number of halogens is 2. The van der Waals surface area contributed by atoms with E-state index in [1.54, 1.807) is 0 Å². The van der Waals surface area contributed by atoms with Crippen LogP contribution in [0.25, 0.3) is 0 Å². The van der Waals surface area contributed by atoms with Gasteiger partial charge in [-0.05, 0) is 38.1 Å². The lowest BCUT2D eigenvalue weighted by Crippen LogP contribution is -2.23. The molecule has 0 saturated heterocycles. The van der Waals surface area contributed by atoms with Gasteiger partial charge in [0, 0.05) is 24.8 Å². The van der Waals surface area contributed by atoms with Gasteiger partial charge in [0.15, 0.2) is 0 Å². The van der Waals surface area contributed by atoms with Crippen LogP contribution in [0.2, 0.25) is 0 Å². The SMILES string of the molecule is CCNC(CCOCC)c1cc(F)ccc1F. The zero-order valence-corrected chi connectivity index (χ0v) is 10.3. The number of hydrogen-bond donors (Lipinski definition) is 1. The molecule has 1 unspecified atom stereocenters. The van der Waals surface area contributed by atoms with E-state index in [4.69, 9.17) is 4.74 Å². The molecular formula is C13H19F2NO. The van der Waals surface area contributed by atoms with Crippen LogP contribution in [0, 0.1) is 11.6 Å². The van der Waals surface area contributed by atoms with Crippen molar-refractivity contribution in [1.82, 2.24) is 5.32 Å². The summed E-state index contributed by atoms with van der Waals surface area (Å²) in [5.74, 6) is -0.797. The highest BCUT2D eigenvalue weighted by molar-refractivity contribution is 5.22. The van der Waals surface area contributed by atoms with Crippen LogP contribution in [0.5, 0.6) is 0 Å². The van der Waals surface area contributed by atoms with Crippen LogP contribution >= 0.6 is 0 Å². The molecule has 1 rings (SSSR count). The van der Waals surface area contributed by atoms with Crippen molar-refractivity contribution in [1.29, 1.82) is 0 Å². The first kappa shape index (κ1) is 14.1. The normalized spacial score (nSPS) is 12.7. The predicted molar refractivity (Wildman–Crippen MR) is 63.9 cm³/mol. The molecule has 1 aromatic carbocycles. The Bertz CT molecular complexity index is 344. The second-order valence-electron chi connectivity index (χ2n) is 3.76. The molecule has 0 fully saturated rings. The van der Waals surface area contributed by atoms with E-state index in [2.05, 4.69) is 5.32 Å². The number of benzene rings is 1. The predicted octanol–water partition coefficient (Wildman–Crippen LogP) is 3.04. The average molecular weight is 243 g/mol. The molecule has 2 nitrogen and oxygen atoms in total. The van der Waals surface area contributed by atoms with Crippen molar-refractivity contribution in [2.45, 2.75) is 26.3 Å². The van der Waals surface area contributed by atoms with Crippen LogP contribution in [0.4, 0.5) is 8.78 Å². The van der Waals surface area contributed by atoms with Crippen molar-refractivity contribution in [2.75, 3.05) is 19.8 Å². The molecule has 96 valence electrons. The average Bonchev–Trinajstić information content (AvgIpc) is 2.32. The highest BCUT2D eigenvalue weighted by atomic mass is 19.1. The molecule has 0 amide bonds. The lowest BCUT2D eigenvalue weighted by Gasteiger charge is -2.19. The zero-order valence-electron chi connectivity index (χ0n) is 10.3. The van der Waals surface area contributed by atoms with Crippen molar-refractivity contribution in [3.63, 3.8) is 0 Å². The minimum Gasteiger partial charge on any atom is -0.382 e. The van der Waals surface area contributed by atoms with Gasteiger partial charge in [0.05, 0.1) is 0 Å². The standard InChI is InChI=1S/C13H19F2NO/c1-3-16-13(7-8-17-4-2)11-9-10(14)5-6-12(11)15/h5-6,9,13,16H,3-4,7-8H2,1-2H3. The fraction of sp³-hybridized carbons (Fsp3) is 0.538. The lowest BCUT2D eigenvalue weighted by molar-refractivity contribution is 0.136. The van der Waals surface area contributed by atoms with E-state index in [0.29, 0.717) is 31.7 Å². The highest BCUT2D eigenvalue weighted by Crippen LogP contribution is 2.21. The topological polar surface area (TPSA) is 21.3 Å². The number of ether oxygens (including phenoxy) is 1. The van der Waals surface area contributed by atoms with Crippen LogP contribution < -0.4 is 5.32 Å². The van der Waals surface area contributed by atoms with E-state index in [1.165, 1.54) is 6.07 Å². The monoisotopic (exact) mass is 243 g/mol. The van der Waals surface area contributed by atoms with Gasteiger partial charge in [-0.2, -0.15) is 0 Å². The molecule has 0 saturated carbocycles. The van der Waals surface area contributed by atoms with E-state index in [0.717, 1.165) is 12.1 Å². The van der Waals surface area contributed by atoms with Crippen molar-refractivity contribution in [3.05, 3.63) is 35.4 Å². The van der Waals surface area contributed by atoms with Gasteiger partial charge < -0.3 is 10.1 Å². The summed E-state index contributed by atoms with van der Waals surface area (Å²) in [6.45, 7) is 5.71. The Morgan fingerprint density at radius 2 is 2.06 bits per heavy atom. The van der Waals surface area contributed by atoms with E-state index in [-0.39, 0.29) is 11.9 Å². The van der Waals surface area contributed by atoms with Gasteiger partial charge in [-0.25, -0.2) is 8.78 Å². The maximum absolute atomic E-state index is 13.6. The summed E-state index contributed by atoms with van der Waals surface area (Å²) >= 11 is 0. The maximum Gasteiger partial charge on any atom is 0.128 e. The minimum absolute atomic E-state index is 0.206. The van der Waals surface area contributed by atoms with Crippen molar-refractivity contribution < 1.29 is 13.5 Å². The third kappa shape index (κ3) is 4.40. The summed E-state index contributed by atoms with van der Waals surface area (Å²) in [6, 6.07) is 3.33. The Hall–Kier alpha value is -1.00. The Labute approximate surface area is 101 Å². The molecule has 0 heterocycles. The van der Waals surface area contributed by atoms with Crippen molar-refractivity contribution in [3.8, 4) is 0 Å². The number of hydrogen-bond acceptors (Lipinski definition) is 2. The summed E-state index contributed by atoms with van der Waals surface area (Å²) in [4.78, 5) is 0. The Kier molecular flexibility index (Phi) is 6.08. The van der Waals surface area contributed by atoms with Crippen LogP contribution in [0.3, 0.4) is 0 Å².